The molecule has 1 aromatic carbocycles. The number of rotatable bonds is 6. The van der Waals surface area contributed by atoms with E-state index >= 15 is 0 Å². The van der Waals surface area contributed by atoms with E-state index < -0.39 is 0 Å². The molecule has 1 heteroatoms. The molecule has 0 fully saturated rings. The van der Waals surface area contributed by atoms with E-state index in [2.05, 4.69) is 45.9 Å². The maximum Gasteiger partial charge on any atom is 0.0795 e. The van der Waals surface area contributed by atoms with Gasteiger partial charge in [0.1, 0.15) is 0 Å². The van der Waals surface area contributed by atoms with Gasteiger partial charge in [-0.2, -0.15) is 0 Å². The molecule has 96 valence electrons. The minimum atomic E-state index is -0.300. The van der Waals surface area contributed by atoms with Crippen LogP contribution in [0, 0.1) is 5.92 Å². The van der Waals surface area contributed by atoms with Crippen LogP contribution in [0.2, 0.25) is 0 Å². The lowest BCUT2D eigenvalue weighted by Gasteiger charge is -2.19. The first-order chi connectivity index (χ1) is 8.12. The fourth-order valence-electron chi connectivity index (χ4n) is 2.17. The van der Waals surface area contributed by atoms with Crippen LogP contribution in [0.15, 0.2) is 18.2 Å². The summed E-state index contributed by atoms with van der Waals surface area (Å²) < 4.78 is 0. The molecule has 0 saturated heterocycles. The van der Waals surface area contributed by atoms with E-state index in [1.165, 1.54) is 11.1 Å². The van der Waals surface area contributed by atoms with Gasteiger partial charge in [0.05, 0.1) is 6.10 Å². The number of aliphatic hydroxyl groups is 1. The highest BCUT2D eigenvalue weighted by Gasteiger charge is 2.14. The summed E-state index contributed by atoms with van der Waals surface area (Å²) in [6.45, 7) is 8.70. The van der Waals surface area contributed by atoms with Crippen LogP contribution < -0.4 is 0 Å². The highest BCUT2D eigenvalue weighted by Crippen LogP contribution is 2.27. The third-order valence-corrected chi connectivity index (χ3v) is 3.68. The molecule has 0 aliphatic carbocycles. The summed E-state index contributed by atoms with van der Waals surface area (Å²) in [6, 6.07) is 6.54. The minimum absolute atomic E-state index is 0.300. The largest absolute Gasteiger partial charge is 0.388 e. The zero-order valence-electron chi connectivity index (χ0n) is 11.7. The monoisotopic (exact) mass is 234 g/mol. The van der Waals surface area contributed by atoms with Crippen LogP contribution in [0.25, 0.3) is 0 Å². The average molecular weight is 234 g/mol. The Morgan fingerprint density at radius 3 is 2.35 bits per heavy atom. The first kappa shape index (κ1) is 14.2. The van der Waals surface area contributed by atoms with Crippen LogP contribution >= 0.6 is 0 Å². The Morgan fingerprint density at radius 1 is 1.12 bits per heavy atom. The first-order valence-electron chi connectivity index (χ1n) is 6.92. The molecule has 0 aliphatic heterocycles. The molecule has 2 unspecified atom stereocenters. The highest BCUT2D eigenvalue weighted by atomic mass is 16.3. The Kier molecular flexibility index (Phi) is 5.70. The molecule has 1 nitrogen and oxygen atoms in total. The summed E-state index contributed by atoms with van der Waals surface area (Å²) >= 11 is 0. The number of hydrogen-bond acceptors (Lipinski definition) is 1. The normalized spacial score (nSPS) is 14.6. The molecule has 0 amide bonds. The molecule has 17 heavy (non-hydrogen) atoms. The summed E-state index contributed by atoms with van der Waals surface area (Å²) in [5.41, 5.74) is 3.76. The average Bonchev–Trinajstić information content (AvgIpc) is 2.37. The number of aliphatic hydroxyl groups excluding tert-OH is 1. The van der Waals surface area contributed by atoms with Gasteiger partial charge < -0.3 is 5.11 Å². The maximum atomic E-state index is 10.4. The summed E-state index contributed by atoms with van der Waals surface area (Å²) in [5.74, 6) is 0.583. The molecule has 0 saturated carbocycles. The van der Waals surface area contributed by atoms with Crippen molar-refractivity contribution in [2.24, 2.45) is 5.92 Å². The molecule has 0 heterocycles. The Hall–Kier alpha value is -0.820. The van der Waals surface area contributed by atoms with E-state index in [-0.39, 0.29) is 6.10 Å². The molecule has 0 bridgehead atoms. The molecule has 1 N–H and O–H groups in total. The molecule has 0 radical (unpaired) electrons. The third kappa shape index (κ3) is 3.85. The summed E-state index contributed by atoms with van der Waals surface area (Å²) in [4.78, 5) is 0. The van der Waals surface area contributed by atoms with Crippen LogP contribution in [0.1, 0.15) is 63.3 Å². The van der Waals surface area contributed by atoms with Crippen molar-refractivity contribution in [1.29, 1.82) is 0 Å². The zero-order valence-corrected chi connectivity index (χ0v) is 11.7. The van der Waals surface area contributed by atoms with E-state index in [0.717, 1.165) is 31.2 Å². The SMILES string of the molecule is CCc1ccc(CC)c(C(O)CC(C)CC)c1. The number of benzene rings is 1. The molecular weight excluding hydrogens is 208 g/mol. The van der Waals surface area contributed by atoms with E-state index in [1.54, 1.807) is 0 Å². The van der Waals surface area contributed by atoms with Crippen LogP contribution in [0.4, 0.5) is 0 Å². The Morgan fingerprint density at radius 2 is 1.82 bits per heavy atom. The van der Waals surface area contributed by atoms with Crippen molar-refractivity contribution < 1.29 is 5.11 Å². The molecule has 2 atom stereocenters. The van der Waals surface area contributed by atoms with Gasteiger partial charge in [-0.05, 0) is 41.9 Å². The standard InChI is InChI=1S/C16H26O/c1-5-12(4)10-16(17)15-11-13(6-2)8-9-14(15)7-3/h8-9,11-12,16-17H,5-7,10H2,1-4H3. The highest BCUT2D eigenvalue weighted by molar-refractivity contribution is 5.33. The lowest BCUT2D eigenvalue weighted by Crippen LogP contribution is -2.07. The van der Waals surface area contributed by atoms with E-state index in [0.29, 0.717) is 5.92 Å². The van der Waals surface area contributed by atoms with E-state index in [1.807, 2.05) is 0 Å². The van der Waals surface area contributed by atoms with Crippen molar-refractivity contribution in [3.05, 3.63) is 34.9 Å². The minimum Gasteiger partial charge on any atom is -0.388 e. The topological polar surface area (TPSA) is 20.2 Å². The van der Waals surface area contributed by atoms with Crippen LogP contribution in [0.3, 0.4) is 0 Å². The van der Waals surface area contributed by atoms with Gasteiger partial charge >= 0.3 is 0 Å². The van der Waals surface area contributed by atoms with Crippen LogP contribution in [0.5, 0.6) is 0 Å². The fourth-order valence-corrected chi connectivity index (χ4v) is 2.17. The summed E-state index contributed by atoms with van der Waals surface area (Å²) in [7, 11) is 0. The zero-order chi connectivity index (χ0) is 12.8. The number of hydrogen-bond donors (Lipinski definition) is 1. The lowest BCUT2D eigenvalue weighted by atomic mass is 9.91. The maximum absolute atomic E-state index is 10.4. The van der Waals surface area contributed by atoms with Gasteiger partial charge in [0.25, 0.3) is 0 Å². The molecular formula is C16H26O. The summed E-state index contributed by atoms with van der Waals surface area (Å²) in [5, 5.41) is 10.4. The molecule has 0 spiro atoms. The lowest BCUT2D eigenvalue weighted by molar-refractivity contribution is 0.145. The quantitative estimate of drug-likeness (QED) is 0.779. The third-order valence-electron chi connectivity index (χ3n) is 3.68. The Labute approximate surface area is 106 Å². The van der Waals surface area contributed by atoms with Gasteiger partial charge in [0, 0.05) is 0 Å². The van der Waals surface area contributed by atoms with Crippen LogP contribution in [-0.2, 0) is 12.8 Å². The van der Waals surface area contributed by atoms with Crippen molar-refractivity contribution in [3.8, 4) is 0 Å². The first-order valence-corrected chi connectivity index (χ1v) is 6.92. The predicted molar refractivity (Wildman–Crippen MR) is 74.2 cm³/mol. The smallest absolute Gasteiger partial charge is 0.0795 e. The van der Waals surface area contributed by atoms with Gasteiger partial charge in [-0.25, -0.2) is 0 Å². The van der Waals surface area contributed by atoms with Crippen molar-refractivity contribution in [3.63, 3.8) is 0 Å². The van der Waals surface area contributed by atoms with Crippen molar-refractivity contribution >= 4 is 0 Å². The second-order valence-electron chi connectivity index (χ2n) is 5.01. The van der Waals surface area contributed by atoms with Gasteiger partial charge in [0.15, 0.2) is 0 Å². The molecule has 0 aliphatic rings. The molecule has 0 aromatic heterocycles. The van der Waals surface area contributed by atoms with Gasteiger partial charge in [-0.15, -0.1) is 0 Å². The second-order valence-corrected chi connectivity index (χ2v) is 5.01. The van der Waals surface area contributed by atoms with Crippen LogP contribution in [-0.4, -0.2) is 5.11 Å². The molecule has 1 aromatic rings. The van der Waals surface area contributed by atoms with Crippen molar-refractivity contribution in [2.45, 2.75) is 59.5 Å². The van der Waals surface area contributed by atoms with Crippen molar-refractivity contribution in [1.82, 2.24) is 0 Å². The summed E-state index contributed by atoms with van der Waals surface area (Å²) in [6.07, 6.45) is 3.73. The fraction of sp³-hybridized carbons (Fsp3) is 0.625. The predicted octanol–water partition coefficient (Wildman–Crippen LogP) is 4.28. The van der Waals surface area contributed by atoms with Gasteiger partial charge in [-0.3, -0.25) is 0 Å². The second kappa shape index (κ2) is 6.80. The molecule has 1 rings (SSSR count). The number of aryl methyl sites for hydroxylation is 2. The van der Waals surface area contributed by atoms with E-state index in [4.69, 9.17) is 0 Å². The van der Waals surface area contributed by atoms with Gasteiger partial charge in [-0.1, -0.05) is 52.3 Å². The Balaban J connectivity index is 2.92. The van der Waals surface area contributed by atoms with Gasteiger partial charge in [0.2, 0.25) is 0 Å². The Bertz CT molecular complexity index is 343. The van der Waals surface area contributed by atoms with Crippen molar-refractivity contribution in [2.75, 3.05) is 0 Å². The van der Waals surface area contributed by atoms with E-state index in [9.17, 15) is 5.11 Å².